The summed E-state index contributed by atoms with van der Waals surface area (Å²) in [4.78, 5) is 45.3. The van der Waals surface area contributed by atoms with Gasteiger partial charge in [-0.2, -0.15) is 5.10 Å². The van der Waals surface area contributed by atoms with Gasteiger partial charge in [-0.25, -0.2) is 9.78 Å². The van der Waals surface area contributed by atoms with E-state index in [9.17, 15) is 14.4 Å². The Bertz CT molecular complexity index is 1490. The number of amides is 1. The molecule has 5 rings (SSSR count). The molecular formula is C23H24N6O4. The highest BCUT2D eigenvalue weighted by Gasteiger charge is 2.28. The lowest BCUT2D eigenvalue weighted by Crippen LogP contribution is -2.32. The summed E-state index contributed by atoms with van der Waals surface area (Å²) in [5, 5.41) is 8.33. The first-order valence-corrected chi connectivity index (χ1v) is 10.9. The number of nitrogens with zero attached hydrogens (tertiary/aromatic N) is 4. The monoisotopic (exact) mass is 448 g/mol. The van der Waals surface area contributed by atoms with Gasteiger partial charge in [0.25, 0.3) is 11.5 Å². The molecule has 10 heteroatoms. The fourth-order valence-electron chi connectivity index (χ4n) is 4.06. The van der Waals surface area contributed by atoms with Crippen molar-refractivity contribution in [3.05, 3.63) is 62.6 Å². The molecule has 0 radical (unpaired) electrons. The number of nitrogens with one attached hydrogen (secondary N) is 2. The van der Waals surface area contributed by atoms with Crippen molar-refractivity contribution < 1.29 is 9.53 Å². The summed E-state index contributed by atoms with van der Waals surface area (Å²) in [6.45, 7) is 3.23. The molecule has 0 spiro atoms. The Labute approximate surface area is 188 Å². The van der Waals surface area contributed by atoms with E-state index >= 15 is 0 Å². The van der Waals surface area contributed by atoms with Gasteiger partial charge < -0.3 is 10.1 Å². The first-order valence-electron chi connectivity index (χ1n) is 10.9. The Morgan fingerprint density at radius 2 is 2.09 bits per heavy atom. The maximum absolute atomic E-state index is 13.4. The van der Waals surface area contributed by atoms with E-state index in [4.69, 9.17) is 4.74 Å². The quantitative estimate of drug-likeness (QED) is 0.447. The van der Waals surface area contributed by atoms with Crippen LogP contribution in [0.3, 0.4) is 0 Å². The predicted octanol–water partition coefficient (Wildman–Crippen LogP) is 2.23. The number of aryl methyl sites for hydroxylation is 1. The fraction of sp³-hybridized carbons (Fsp3) is 0.348. The van der Waals surface area contributed by atoms with Crippen LogP contribution in [-0.4, -0.2) is 43.9 Å². The highest BCUT2D eigenvalue weighted by atomic mass is 16.5. The average Bonchev–Trinajstić information content (AvgIpc) is 3.58. The Morgan fingerprint density at radius 1 is 1.27 bits per heavy atom. The summed E-state index contributed by atoms with van der Waals surface area (Å²) in [5.74, 6) is -0.189. The van der Waals surface area contributed by atoms with Gasteiger partial charge in [0.1, 0.15) is 0 Å². The number of hydrogen-bond donors (Lipinski definition) is 2. The van der Waals surface area contributed by atoms with E-state index < -0.39 is 17.2 Å². The first kappa shape index (κ1) is 21.1. The molecule has 0 saturated heterocycles. The molecule has 1 saturated carbocycles. The number of carbonyl (C=O) groups excluding carboxylic acids is 1. The minimum atomic E-state index is -0.618. The van der Waals surface area contributed by atoms with Crippen LogP contribution in [0.15, 0.2) is 40.1 Å². The van der Waals surface area contributed by atoms with E-state index in [2.05, 4.69) is 20.4 Å². The van der Waals surface area contributed by atoms with E-state index in [0.717, 1.165) is 29.4 Å². The van der Waals surface area contributed by atoms with E-state index in [1.165, 1.54) is 4.57 Å². The van der Waals surface area contributed by atoms with Gasteiger partial charge in [-0.05, 0) is 44.0 Å². The van der Waals surface area contributed by atoms with Crippen LogP contribution in [0.4, 0.5) is 5.69 Å². The highest BCUT2D eigenvalue weighted by molar-refractivity contribution is 6.12. The molecule has 170 valence electrons. The van der Waals surface area contributed by atoms with Gasteiger partial charge in [-0.15, -0.1) is 0 Å². The van der Waals surface area contributed by atoms with Crippen molar-refractivity contribution in [3.8, 4) is 0 Å². The summed E-state index contributed by atoms with van der Waals surface area (Å²) in [6.07, 6.45) is 3.71. The van der Waals surface area contributed by atoms with E-state index in [1.807, 2.05) is 16.8 Å². The second-order valence-corrected chi connectivity index (χ2v) is 8.16. The van der Waals surface area contributed by atoms with Crippen LogP contribution in [0.1, 0.15) is 41.7 Å². The van der Waals surface area contributed by atoms with Gasteiger partial charge in [0.2, 0.25) is 0 Å². The molecule has 1 aromatic carbocycles. The third-order valence-corrected chi connectivity index (χ3v) is 5.93. The predicted molar refractivity (Wildman–Crippen MR) is 124 cm³/mol. The van der Waals surface area contributed by atoms with Gasteiger partial charge in [0.05, 0.1) is 35.8 Å². The number of ether oxygens (including phenoxy) is 1. The number of methoxy groups -OCH3 is 1. The fourth-order valence-corrected chi connectivity index (χ4v) is 4.06. The molecule has 0 unspecified atom stereocenters. The molecule has 33 heavy (non-hydrogen) atoms. The van der Waals surface area contributed by atoms with Crippen molar-refractivity contribution in [1.29, 1.82) is 0 Å². The van der Waals surface area contributed by atoms with Crippen LogP contribution >= 0.6 is 0 Å². The first-order chi connectivity index (χ1) is 16.0. The Balaban J connectivity index is 1.58. The van der Waals surface area contributed by atoms with E-state index in [0.29, 0.717) is 25.4 Å². The third-order valence-electron chi connectivity index (χ3n) is 5.93. The van der Waals surface area contributed by atoms with Crippen LogP contribution < -0.4 is 16.6 Å². The smallest absolute Gasteiger partial charge is 0.329 e. The lowest BCUT2D eigenvalue weighted by Gasteiger charge is -2.13. The molecule has 1 aliphatic carbocycles. The minimum absolute atomic E-state index is 0.115. The van der Waals surface area contributed by atoms with Crippen LogP contribution in [0, 0.1) is 0 Å². The standard InChI is InChI=1S/C23H24N6O4/c1-3-28-20-19(22(31)27-23(28)32)16(11-17(26-20)13-4-5-13)21(30)25-15-7-6-14-12-24-29(8-9-33-2)18(14)10-15/h6-7,10-13H,3-5,8-9H2,1-2H3,(H,25,30)(H,27,31,32). The number of H-pyrrole nitrogens is 1. The number of aromatic amines is 1. The van der Waals surface area contributed by atoms with Crippen LogP contribution in [0.25, 0.3) is 21.9 Å². The van der Waals surface area contributed by atoms with Crippen molar-refractivity contribution in [2.24, 2.45) is 0 Å². The normalized spacial score (nSPS) is 13.6. The Hall–Kier alpha value is -3.79. The molecule has 2 N–H and O–H groups in total. The second-order valence-electron chi connectivity index (χ2n) is 8.16. The Morgan fingerprint density at radius 3 is 2.82 bits per heavy atom. The number of pyridine rings is 1. The van der Waals surface area contributed by atoms with Crippen LogP contribution in [0.2, 0.25) is 0 Å². The molecule has 10 nitrogen and oxygen atoms in total. The number of fused-ring (bicyclic) bond motifs is 2. The van der Waals surface area contributed by atoms with Crippen LogP contribution in [0.5, 0.6) is 0 Å². The van der Waals surface area contributed by atoms with E-state index in [1.54, 1.807) is 32.4 Å². The van der Waals surface area contributed by atoms with Gasteiger partial charge in [0.15, 0.2) is 5.65 Å². The maximum atomic E-state index is 13.4. The molecule has 4 aromatic rings. The summed E-state index contributed by atoms with van der Waals surface area (Å²) in [5.41, 5.74) is 1.47. The van der Waals surface area contributed by atoms with Gasteiger partial charge in [-0.3, -0.25) is 23.8 Å². The Kier molecular flexibility index (Phi) is 5.29. The molecule has 1 fully saturated rings. The number of hydrogen-bond acceptors (Lipinski definition) is 6. The minimum Gasteiger partial charge on any atom is -0.383 e. The molecule has 3 aromatic heterocycles. The number of benzene rings is 1. The largest absolute Gasteiger partial charge is 0.383 e. The van der Waals surface area contributed by atoms with Gasteiger partial charge in [0, 0.05) is 36.3 Å². The average molecular weight is 448 g/mol. The van der Waals surface area contributed by atoms with Gasteiger partial charge in [-0.1, -0.05) is 0 Å². The number of anilines is 1. The van der Waals surface area contributed by atoms with Crippen molar-refractivity contribution in [1.82, 2.24) is 24.3 Å². The molecule has 0 aliphatic heterocycles. The lowest BCUT2D eigenvalue weighted by atomic mass is 10.1. The number of rotatable bonds is 7. The molecule has 3 heterocycles. The van der Waals surface area contributed by atoms with Gasteiger partial charge >= 0.3 is 5.69 Å². The highest BCUT2D eigenvalue weighted by Crippen LogP contribution is 2.40. The summed E-state index contributed by atoms with van der Waals surface area (Å²) in [7, 11) is 1.63. The van der Waals surface area contributed by atoms with Crippen LogP contribution in [-0.2, 0) is 17.8 Å². The zero-order chi connectivity index (χ0) is 23.1. The molecule has 1 aliphatic rings. The number of aromatic nitrogens is 5. The molecule has 0 bridgehead atoms. The zero-order valence-electron chi connectivity index (χ0n) is 18.4. The van der Waals surface area contributed by atoms with Crippen molar-refractivity contribution in [2.75, 3.05) is 19.0 Å². The summed E-state index contributed by atoms with van der Waals surface area (Å²) >= 11 is 0. The summed E-state index contributed by atoms with van der Waals surface area (Å²) in [6, 6.07) is 7.19. The second kappa shape index (κ2) is 8.28. The number of carbonyl (C=O) groups is 1. The molecular weight excluding hydrogens is 424 g/mol. The third kappa shape index (κ3) is 3.82. The van der Waals surface area contributed by atoms with E-state index in [-0.39, 0.29) is 22.5 Å². The van der Waals surface area contributed by atoms with Crippen molar-refractivity contribution in [3.63, 3.8) is 0 Å². The topological polar surface area (TPSA) is 124 Å². The lowest BCUT2D eigenvalue weighted by molar-refractivity contribution is 0.102. The van der Waals surface area contributed by atoms with Crippen molar-refractivity contribution in [2.45, 2.75) is 38.8 Å². The van der Waals surface area contributed by atoms with Crippen molar-refractivity contribution >= 4 is 33.5 Å². The SMILES string of the molecule is CCn1c(=O)[nH]c(=O)c2c(C(=O)Nc3ccc4cnn(CCOC)c4c3)cc(C3CC3)nc21. The zero-order valence-corrected chi connectivity index (χ0v) is 18.4. The molecule has 1 amide bonds. The molecule has 0 atom stereocenters. The summed E-state index contributed by atoms with van der Waals surface area (Å²) < 4.78 is 8.34. The maximum Gasteiger partial charge on any atom is 0.329 e.